The van der Waals surface area contributed by atoms with Crippen molar-refractivity contribution in [1.82, 2.24) is 15.2 Å². The van der Waals surface area contributed by atoms with E-state index in [0.717, 1.165) is 16.8 Å². The van der Waals surface area contributed by atoms with Gasteiger partial charge in [0.05, 0.1) is 18.8 Å². The van der Waals surface area contributed by atoms with E-state index < -0.39 is 17.1 Å². The topological polar surface area (TPSA) is 87.1 Å². The molecule has 212 valence electrons. The van der Waals surface area contributed by atoms with Crippen molar-refractivity contribution in [2.75, 3.05) is 19.8 Å². The third-order valence-corrected chi connectivity index (χ3v) is 8.02. The van der Waals surface area contributed by atoms with Gasteiger partial charge in [0.25, 0.3) is 0 Å². The lowest BCUT2D eigenvalue weighted by Gasteiger charge is -2.45. The molecule has 2 heterocycles. The molecule has 7 nitrogen and oxygen atoms in total. The molecule has 3 aromatic rings. The Balaban J connectivity index is 2.05. The van der Waals surface area contributed by atoms with E-state index in [0.29, 0.717) is 33.8 Å². The number of amidine groups is 1. The minimum atomic E-state index is -1.04. The lowest BCUT2D eigenvalue weighted by molar-refractivity contribution is 0.133. The number of benzene rings is 2. The summed E-state index contributed by atoms with van der Waals surface area (Å²) in [6.07, 6.45) is 1.73. The van der Waals surface area contributed by atoms with Crippen LogP contribution in [0.3, 0.4) is 0 Å². The first-order chi connectivity index (χ1) is 18.9. The monoisotopic (exact) mass is 582 g/mol. The summed E-state index contributed by atoms with van der Waals surface area (Å²) < 4.78 is 6.12. The Labute approximate surface area is 246 Å². The number of urea groups is 1. The molecule has 0 saturated carbocycles. The fourth-order valence-corrected chi connectivity index (χ4v) is 5.37. The molecule has 2 atom stereocenters. The summed E-state index contributed by atoms with van der Waals surface area (Å²) in [5.74, 6) is 0.988. The normalized spacial score (nSPS) is 20.8. The van der Waals surface area contributed by atoms with Gasteiger partial charge in [0, 0.05) is 40.0 Å². The average molecular weight is 584 g/mol. The van der Waals surface area contributed by atoms with Gasteiger partial charge in [-0.1, -0.05) is 68.2 Å². The molecule has 0 unspecified atom stereocenters. The molecule has 4 rings (SSSR count). The Morgan fingerprint density at radius 3 is 2.12 bits per heavy atom. The zero-order valence-electron chi connectivity index (χ0n) is 23.8. The summed E-state index contributed by atoms with van der Waals surface area (Å²) in [5.41, 5.74) is 0.916. The van der Waals surface area contributed by atoms with Crippen LogP contribution in [0.2, 0.25) is 10.0 Å². The molecular weight excluding hydrogens is 547 g/mol. The van der Waals surface area contributed by atoms with Crippen molar-refractivity contribution in [2.45, 2.75) is 58.0 Å². The molecule has 0 spiro atoms. The van der Waals surface area contributed by atoms with E-state index in [-0.39, 0.29) is 18.6 Å². The third-order valence-electron chi connectivity index (χ3n) is 7.52. The minimum Gasteiger partial charge on any atom is -0.493 e. The Morgan fingerprint density at radius 2 is 1.60 bits per heavy atom. The zero-order valence-corrected chi connectivity index (χ0v) is 25.3. The first-order valence-electron chi connectivity index (χ1n) is 13.3. The molecule has 40 heavy (non-hydrogen) atoms. The highest BCUT2D eigenvalue weighted by Gasteiger charge is 2.59. The number of aliphatic hydroxyl groups is 1. The fourth-order valence-electron chi connectivity index (χ4n) is 5.12. The molecule has 0 fully saturated rings. The van der Waals surface area contributed by atoms with Gasteiger partial charge < -0.3 is 15.2 Å². The zero-order chi connectivity index (χ0) is 29.3. The molecule has 1 aromatic heterocycles. The second kappa shape index (κ2) is 11.4. The van der Waals surface area contributed by atoms with Crippen LogP contribution in [0, 0.1) is 0 Å². The SMILES string of the molecule is CCOc1cc(C(C)(C)C)ncc1C1=N[C@@](C)(c2ccc(Cl)cc2)[C@@](C)(c2ccc(Cl)cc2)N1C(=O)NCCO. The number of rotatable bonds is 7. The highest BCUT2D eigenvalue weighted by atomic mass is 35.5. The van der Waals surface area contributed by atoms with Gasteiger partial charge in [0.15, 0.2) is 0 Å². The van der Waals surface area contributed by atoms with E-state index in [1.807, 2.05) is 63.2 Å². The minimum absolute atomic E-state index is 0.0799. The maximum atomic E-state index is 14.0. The van der Waals surface area contributed by atoms with Gasteiger partial charge >= 0.3 is 6.03 Å². The Morgan fingerprint density at radius 1 is 1.02 bits per heavy atom. The van der Waals surface area contributed by atoms with E-state index in [9.17, 15) is 9.90 Å². The lowest BCUT2D eigenvalue weighted by Crippen LogP contribution is -2.57. The summed E-state index contributed by atoms with van der Waals surface area (Å²) >= 11 is 12.5. The fraction of sp³-hybridized carbons (Fsp3) is 0.387. The highest BCUT2D eigenvalue weighted by molar-refractivity contribution is 6.30. The number of carbonyl (C=O) groups is 1. The number of nitrogens with one attached hydrogen (secondary N) is 1. The van der Waals surface area contributed by atoms with Gasteiger partial charge in [-0.15, -0.1) is 0 Å². The average Bonchev–Trinajstić information content (AvgIpc) is 3.16. The molecule has 0 bridgehead atoms. The van der Waals surface area contributed by atoms with Crippen molar-refractivity contribution in [3.63, 3.8) is 0 Å². The van der Waals surface area contributed by atoms with Crippen LogP contribution < -0.4 is 10.1 Å². The Hall–Kier alpha value is -3.13. The van der Waals surface area contributed by atoms with E-state index in [1.165, 1.54) is 0 Å². The number of amides is 2. The highest BCUT2D eigenvalue weighted by Crippen LogP contribution is 2.53. The molecule has 0 saturated heterocycles. The van der Waals surface area contributed by atoms with E-state index >= 15 is 0 Å². The van der Waals surface area contributed by atoms with Crippen LogP contribution in [0.25, 0.3) is 0 Å². The molecule has 2 aromatic carbocycles. The molecule has 2 N–H and O–H groups in total. The van der Waals surface area contributed by atoms with Crippen molar-refractivity contribution in [3.05, 3.63) is 93.2 Å². The first kappa shape index (κ1) is 29.8. The summed E-state index contributed by atoms with van der Waals surface area (Å²) in [6.45, 7) is 12.5. The number of pyridine rings is 1. The largest absolute Gasteiger partial charge is 0.493 e. The van der Waals surface area contributed by atoms with Gasteiger partial charge in [-0.05, 0) is 56.2 Å². The van der Waals surface area contributed by atoms with Crippen LogP contribution in [-0.4, -0.2) is 46.6 Å². The first-order valence-corrected chi connectivity index (χ1v) is 14.1. The molecule has 9 heteroatoms. The number of aromatic nitrogens is 1. The summed E-state index contributed by atoms with van der Waals surface area (Å²) in [5, 5.41) is 13.5. The molecule has 0 aliphatic carbocycles. The van der Waals surface area contributed by atoms with Gasteiger partial charge in [0.1, 0.15) is 22.7 Å². The molecule has 1 aliphatic rings. The van der Waals surface area contributed by atoms with Crippen LogP contribution in [-0.2, 0) is 16.5 Å². The van der Waals surface area contributed by atoms with E-state index in [2.05, 4.69) is 26.1 Å². The van der Waals surface area contributed by atoms with Crippen LogP contribution >= 0.6 is 23.2 Å². The van der Waals surface area contributed by atoms with Crippen LogP contribution in [0.4, 0.5) is 4.79 Å². The van der Waals surface area contributed by atoms with Crippen molar-refractivity contribution in [1.29, 1.82) is 0 Å². The van der Waals surface area contributed by atoms with E-state index in [1.54, 1.807) is 23.2 Å². The maximum Gasteiger partial charge on any atom is 0.324 e. The maximum absolute atomic E-state index is 14.0. The van der Waals surface area contributed by atoms with Crippen molar-refractivity contribution in [3.8, 4) is 5.75 Å². The number of carbonyl (C=O) groups excluding carboxylic acids is 1. The quantitative estimate of drug-likeness (QED) is 0.325. The van der Waals surface area contributed by atoms with Crippen LogP contribution in [0.1, 0.15) is 63.9 Å². The number of hydrogen-bond donors (Lipinski definition) is 2. The summed E-state index contributed by atoms with van der Waals surface area (Å²) in [7, 11) is 0. The number of ether oxygens (including phenoxy) is 1. The third kappa shape index (κ3) is 5.30. The van der Waals surface area contributed by atoms with Gasteiger partial charge in [-0.3, -0.25) is 14.9 Å². The standard InChI is InChI=1S/C31H36Cl2N4O3/c1-7-40-25-18-26(29(2,3)4)35-19-24(25)27-36-30(5,20-8-12-22(32)13-9-20)31(6,21-10-14-23(33)15-11-21)37(27)28(39)34-16-17-38/h8-15,18-19,38H,7,16-17H2,1-6H3,(H,34,39)/t30-,31+/m0/s1. The molecule has 0 radical (unpaired) electrons. The van der Waals surface area contributed by atoms with Gasteiger partial charge in [-0.25, -0.2) is 4.79 Å². The van der Waals surface area contributed by atoms with E-state index in [4.69, 9.17) is 37.9 Å². The number of nitrogens with zero attached hydrogens (tertiary/aromatic N) is 3. The number of hydrogen-bond acceptors (Lipinski definition) is 5. The predicted octanol–water partition coefficient (Wildman–Crippen LogP) is 6.68. The molecule has 1 aliphatic heterocycles. The van der Waals surface area contributed by atoms with Crippen molar-refractivity contribution >= 4 is 35.1 Å². The van der Waals surface area contributed by atoms with Gasteiger partial charge in [0.2, 0.25) is 0 Å². The second-order valence-corrected chi connectivity index (χ2v) is 12.0. The summed E-state index contributed by atoms with van der Waals surface area (Å²) in [6, 6.07) is 16.4. The van der Waals surface area contributed by atoms with Crippen molar-refractivity contribution in [2.24, 2.45) is 4.99 Å². The predicted molar refractivity (Wildman–Crippen MR) is 161 cm³/mol. The molecule has 2 amide bonds. The number of halogens is 2. The number of aliphatic imine (C=N–C) groups is 1. The van der Waals surface area contributed by atoms with Gasteiger partial charge in [-0.2, -0.15) is 0 Å². The molecular formula is C31H36Cl2N4O3. The second-order valence-electron chi connectivity index (χ2n) is 11.1. The smallest absolute Gasteiger partial charge is 0.324 e. The number of aliphatic hydroxyl groups excluding tert-OH is 1. The Bertz CT molecular complexity index is 1400. The van der Waals surface area contributed by atoms with Crippen LogP contribution in [0.5, 0.6) is 5.75 Å². The lowest BCUT2D eigenvalue weighted by atomic mass is 9.71. The Kier molecular flexibility index (Phi) is 8.50. The van der Waals surface area contributed by atoms with Crippen molar-refractivity contribution < 1.29 is 14.6 Å². The summed E-state index contributed by atoms with van der Waals surface area (Å²) in [4.78, 5) is 25.8. The van der Waals surface area contributed by atoms with Crippen LogP contribution in [0.15, 0.2) is 65.8 Å².